The summed E-state index contributed by atoms with van der Waals surface area (Å²) in [7, 11) is 0. The molecule has 0 amide bonds. The van der Waals surface area contributed by atoms with Crippen molar-refractivity contribution in [2.75, 3.05) is 38.1 Å². The molecule has 18 heavy (non-hydrogen) atoms. The first kappa shape index (κ1) is 14.8. The zero-order chi connectivity index (χ0) is 13.0. The summed E-state index contributed by atoms with van der Waals surface area (Å²) < 4.78 is 0. The molecule has 1 atom stereocenters. The van der Waals surface area contributed by atoms with Gasteiger partial charge in [-0.05, 0) is 57.2 Å². The quantitative estimate of drug-likeness (QED) is 0.693. The number of hydrogen-bond donors (Lipinski definition) is 0. The summed E-state index contributed by atoms with van der Waals surface area (Å²) in [6.45, 7) is 11.3. The summed E-state index contributed by atoms with van der Waals surface area (Å²) in [6, 6.07) is 0.856. The highest BCUT2D eigenvalue weighted by molar-refractivity contribution is 9.09. The van der Waals surface area contributed by atoms with Crippen molar-refractivity contribution in [3.63, 3.8) is 0 Å². The molecule has 2 heterocycles. The van der Waals surface area contributed by atoms with Crippen molar-refractivity contribution in [3.8, 4) is 0 Å². The highest BCUT2D eigenvalue weighted by Gasteiger charge is 2.34. The molecule has 0 radical (unpaired) electrons. The van der Waals surface area contributed by atoms with E-state index in [1.807, 2.05) is 0 Å². The third-order valence-corrected chi connectivity index (χ3v) is 6.44. The molecule has 0 aromatic rings. The van der Waals surface area contributed by atoms with Crippen LogP contribution in [-0.2, 0) is 0 Å². The van der Waals surface area contributed by atoms with Crippen molar-refractivity contribution >= 4 is 15.9 Å². The van der Waals surface area contributed by atoms with Gasteiger partial charge in [0.15, 0.2) is 0 Å². The maximum atomic E-state index is 3.74. The van der Waals surface area contributed by atoms with Crippen LogP contribution < -0.4 is 0 Å². The predicted molar refractivity (Wildman–Crippen MR) is 82.5 cm³/mol. The van der Waals surface area contributed by atoms with Gasteiger partial charge >= 0.3 is 0 Å². The molecule has 2 rings (SSSR count). The fourth-order valence-electron chi connectivity index (χ4n) is 3.54. The molecule has 0 N–H and O–H groups in total. The Morgan fingerprint density at radius 1 is 1.11 bits per heavy atom. The van der Waals surface area contributed by atoms with E-state index in [4.69, 9.17) is 0 Å². The van der Waals surface area contributed by atoms with Crippen LogP contribution in [0.2, 0.25) is 0 Å². The van der Waals surface area contributed by atoms with Crippen molar-refractivity contribution in [2.45, 2.75) is 52.0 Å². The molecule has 1 unspecified atom stereocenters. The normalized spacial score (nSPS) is 27.2. The van der Waals surface area contributed by atoms with Gasteiger partial charge < -0.3 is 4.90 Å². The van der Waals surface area contributed by atoms with Gasteiger partial charge in [0.25, 0.3) is 0 Å². The maximum Gasteiger partial charge on any atom is 0.0235 e. The van der Waals surface area contributed by atoms with E-state index in [9.17, 15) is 0 Å². The van der Waals surface area contributed by atoms with E-state index in [1.165, 1.54) is 64.8 Å². The van der Waals surface area contributed by atoms with Crippen LogP contribution in [0, 0.1) is 5.41 Å². The van der Waals surface area contributed by atoms with Crippen molar-refractivity contribution < 1.29 is 0 Å². The van der Waals surface area contributed by atoms with Crippen LogP contribution in [-0.4, -0.2) is 53.9 Å². The number of likely N-dealkylation sites (tertiary alicyclic amines) is 2. The minimum absolute atomic E-state index is 0.500. The third-order valence-electron chi connectivity index (χ3n) is 5.25. The Labute approximate surface area is 121 Å². The standard InChI is InChI=1S/C15H29BrN2/c1-3-15(4-2,12-16)13-17-10-7-14(11-17)18-8-5-6-9-18/h14H,3-13H2,1-2H3. The second kappa shape index (κ2) is 6.71. The molecule has 2 nitrogen and oxygen atoms in total. The molecule has 106 valence electrons. The molecular weight excluding hydrogens is 288 g/mol. The molecule has 2 fully saturated rings. The molecule has 3 heteroatoms. The van der Waals surface area contributed by atoms with E-state index >= 15 is 0 Å². The van der Waals surface area contributed by atoms with Crippen LogP contribution in [0.5, 0.6) is 0 Å². The summed E-state index contributed by atoms with van der Waals surface area (Å²) in [4.78, 5) is 5.45. The molecule has 0 aromatic carbocycles. The van der Waals surface area contributed by atoms with Crippen molar-refractivity contribution in [3.05, 3.63) is 0 Å². The van der Waals surface area contributed by atoms with Gasteiger partial charge in [-0.15, -0.1) is 0 Å². The fraction of sp³-hybridized carbons (Fsp3) is 1.00. The minimum Gasteiger partial charge on any atom is -0.301 e. The van der Waals surface area contributed by atoms with E-state index in [2.05, 4.69) is 39.6 Å². The number of alkyl halides is 1. The zero-order valence-corrected chi connectivity index (χ0v) is 13.7. The Balaban J connectivity index is 1.84. The Morgan fingerprint density at radius 3 is 2.33 bits per heavy atom. The number of rotatable bonds is 6. The van der Waals surface area contributed by atoms with Crippen LogP contribution in [0.1, 0.15) is 46.0 Å². The summed E-state index contributed by atoms with van der Waals surface area (Å²) in [6.07, 6.45) is 6.82. The second-order valence-electron chi connectivity index (χ2n) is 6.26. The summed E-state index contributed by atoms with van der Waals surface area (Å²) >= 11 is 3.74. The Bertz CT molecular complexity index is 239. The average molecular weight is 317 g/mol. The lowest BCUT2D eigenvalue weighted by Gasteiger charge is -2.34. The lowest BCUT2D eigenvalue weighted by molar-refractivity contribution is 0.168. The van der Waals surface area contributed by atoms with E-state index in [-0.39, 0.29) is 0 Å². The molecule has 2 saturated heterocycles. The maximum absolute atomic E-state index is 3.74. The first-order valence-electron chi connectivity index (χ1n) is 7.75. The average Bonchev–Trinajstić information content (AvgIpc) is 3.07. The highest BCUT2D eigenvalue weighted by Crippen LogP contribution is 2.32. The Kier molecular flexibility index (Phi) is 5.52. The van der Waals surface area contributed by atoms with Gasteiger partial charge in [0.1, 0.15) is 0 Å². The van der Waals surface area contributed by atoms with Crippen molar-refractivity contribution in [2.24, 2.45) is 5.41 Å². The molecule has 0 aromatic heterocycles. The summed E-state index contributed by atoms with van der Waals surface area (Å²) in [5, 5.41) is 1.15. The Morgan fingerprint density at radius 2 is 1.78 bits per heavy atom. The van der Waals surface area contributed by atoms with Crippen LogP contribution in [0.3, 0.4) is 0 Å². The van der Waals surface area contributed by atoms with Gasteiger partial charge in [0.05, 0.1) is 0 Å². The fourth-order valence-corrected chi connectivity index (χ4v) is 4.51. The van der Waals surface area contributed by atoms with Gasteiger partial charge in [0.2, 0.25) is 0 Å². The Hall–Kier alpha value is 0.400. The van der Waals surface area contributed by atoms with Crippen LogP contribution >= 0.6 is 15.9 Å². The van der Waals surface area contributed by atoms with E-state index in [0.717, 1.165) is 11.4 Å². The molecule has 2 aliphatic rings. The highest BCUT2D eigenvalue weighted by atomic mass is 79.9. The van der Waals surface area contributed by atoms with Gasteiger partial charge in [0, 0.05) is 24.5 Å². The van der Waals surface area contributed by atoms with Crippen molar-refractivity contribution in [1.82, 2.24) is 9.80 Å². The van der Waals surface area contributed by atoms with E-state index in [0.29, 0.717) is 5.41 Å². The predicted octanol–water partition coefficient (Wildman–Crippen LogP) is 3.36. The van der Waals surface area contributed by atoms with Crippen LogP contribution in [0.25, 0.3) is 0 Å². The zero-order valence-electron chi connectivity index (χ0n) is 12.1. The lowest BCUT2D eigenvalue weighted by atomic mass is 9.84. The lowest BCUT2D eigenvalue weighted by Crippen LogP contribution is -2.40. The molecule has 0 spiro atoms. The topological polar surface area (TPSA) is 6.48 Å². The van der Waals surface area contributed by atoms with Gasteiger partial charge in [-0.25, -0.2) is 0 Å². The number of halogens is 1. The third kappa shape index (κ3) is 3.29. The SMILES string of the molecule is CCC(CC)(CBr)CN1CCC(N2CCCC2)C1. The second-order valence-corrected chi connectivity index (χ2v) is 6.82. The van der Waals surface area contributed by atoms with Gasteiger partial charge in [-0.1, -0.05) is 29.8 Å². The largest absolute Gasteiger partial charge is 0.301 e. The van der Waals surface area contributed by atoms with Gasteiger partial charge in [-0.2, -0.15) is 0 Å². The molecule has 2 aliphatic heterocycles. The van der Waals surface area contributed by atoms with Crippen molar-refractivity contribution in [1.29, 1.82) is 0 Å². The molecule has 0 saturated carbocycles. The van der Waals surface area contributed by atoms with Crippen LogP contribution in [0.15, 0.2) is 0 Å². The first-order chi connectivity index (χ1) is 8.73. The number of hydrogen-bond acceptors (Lipinski definition) is 2. The number of nitrogens with zero attached hydrogens (tertiary/aromatic N) is 2. The van der Waals surface area contributed by atoms with Gasteiger partial charge in [-0.3, -0.25) is 4.90 Å². The molecular formula is C15H29BrN2. The smallest absolute Gasteiger partial charge is 0.0235 e. The molecule has 0 bridgehead atoms. The summed E-state index contributed by atoms with van der Waals surface area (Å²) in [5.74, 6) is 0. The summed E-state index contributed by atoms with van der Waals surface area (Å²) in [5.41, 5.74) is 0.500. The molecule has 0 aliphatic carbocycles. The van der Waals surface area contributed by atoms with E-state index < -0.39 is 0 Å². The van der Waals surface area contributed by atoms with Crippen LogP contribution in [0.4, 0.5) is 0 Å². The van der Waals surface area contributed by atoms with E-state index in [1.54, 1.807) is 0 Å². The first-order valence-corrected chi connectivity index (χ1v) is 8.87. The monoisotopic (exact) mass is 316 g/mol. The minimum atomic E-state index is 0.500.